The monoisotopic (exact) mass is 202 g/mol. The van der Waals surface area contributed by atoms with Crippen LogP contribution in [0, 0.1) is 0 Å². The lowest BCUT2D eigenvalue weighted by Crippen LogP contribution is -2.42. The molecule has 82 valence electrons. The molecule has 1 atom stereocenters. The number of carbonyl (C=O) groups excluding carboxylic acids is 2. The van der Waals surface area contributed by atoms with Crippen LogP contribution in [-0.4, -0.2) is 36.1 Å². The molecule has 5 nitrogen and oxygen atoms in total. The smallest absolute Gasteiger partial charge is 0.309 e. The van der Waals surface area contributed by atoms with Gasteiger partial charge in [0.1, 0.15) is 0 Å². The van der Waals surface area contributed by atoms with E-state index < -0.39 is 17.9 Å². The zero-order valence-electron chi connectivity index (χ0n) is 8.67. The van der Waals surface area contributed by atoms with Gasteiger partial charge in [0, 0.05) is 13.1 Å². The first-order chi connectivity index (χ1) is 6.57. The highest BCUT2D eigenvalue weighted by Crippen LogP contribution is 1.82. The van der Waals surface area contributed by atoms with Crippen molar-refractivity contribution in [2.75, 3.05) is 13.1 Å². The molecular formula is C9H18N2O3. The first-order valence-corrected chi connectivity index (χ1v) is 4.82. The van der Waals surface area contributed by atoms with E-state index in [4.69, 9.17) is 5.11 Å². The van der Waals surface area contributed by atoms with Gasteiger partial charge >= 0.3 is 11.8 Å². The van der Waals surface area contributed by atoms with E-state index in [1.54, 1.807) is 0 Å². The molecule has 0 rings (SSSR count). The second-order valence-electron chi connectivity index (χ2n) is 3.17. The summed E-state index contributed by atoms with van der Waals surface area (Å²) in [5, 5.41) is 13.6. The van der Waals surface area contributed by atoms with Gasteiger partial charge in [-0.15, -0.1) is 0 Å². The van der Waals surface area contributed by atoms with Gasteiger partial charge in [0.15, 0.2) is 0 Å². The number of rotatable bonds is 5. The minimum atomic E-state index is -0.693. The lowest BCUT2D eigenvalue weighted by Gasteiger charge is -2.07. The van der Waals surface area contributed by atoms with Gasteiger partial charge in [-0.25, -0.2) is 0 Å². The zero-order valence-corrected chi connectivity index (χ0v) is 8.67. The highest BCUT2D eigenvalue weighted by Gasteiger charge is 2.12. The Bertz CT molecular complexity index is 192. The molecule has 0 aromatic carbocycles. The van der Waals surface area contributed by atoms with Crippen LogP contribution >= 0.6 is 0 Å². The van der Waals surface area contributed by atoms with Gasteiger partial charge in [-0.2, -0.15) is 0 Å². The van der Waals surface area contributed by atoms with Crippen molar-refractivity contribution in [3.63, 3.8) is 0 Å². The lowest BCUT2D eigenvalue weighted by atomic mass is 10.3. The number of amides is 2. The van der Waals surface area contributed by atoms with Gasteiger partial charge in [-0.05, 0) is 13.3 Å². The molecule has 3 N–H and O–H groups in total. The summed E-state index contributed by atoms with van der Waals surface area (Å²) >= 11 is 0. The number of aliphatic hydroxyl groups excluding tert-OH is 1. The molecule has 0 saturated heterocycles. The van der Waals surface area contributed by atoms with Crippen molar-refractivity contribution >= 4 is 11.8 Å². The topological polar surface area (TPSA) is 78.4 Å². The molecule has 0 radical (unpaired) electrons. The van der Waals surface area contributed by atoms with E-state index in [-0.39, 0.29) is 6.54 Å². The zero-order chi connectivity index (χ0) is 11.0. The molecule has 0 bridgehead atoms. The third-order valence-corrected chi connectivity index (χ3v) is 1.58. The minimum Gasteiger partial charge on any atom is -0.392 e. The van der Waals surface area contributed by atoms with Crippen LogP contribution in [0.4, 0.5) is 0 Å². The summed E-state index contributed by atoms with van der Waals surface area (Å²) in [4.78, 5) is 22.0. The van der Waals surface area contributed by atoms with Crippen LogP contribution in [0.3, 0.4) is 0 Å². The highest BCUT2D eigenvalue weighted by atomic mass is 16.3. The second kappa shape index (κ2) is 7.32. The van der Waals surface area contributed by atoms with Crippen molar-refractivity contribution in [3.8, 4) is 0 Å². The Hall–Kier alpha value is -1.10. The largest absolute Gasteiger partial charge is 0.392 e. The molecule has 0 aromatic heterocycles. The second-order valence-corrected chi connectivity index (χ2v) is 3.17. The maximum absolute atomic E-state index is 11.0. The molecule has 0 aromatic rings. The molecule has 0 aliphatic heterocycles. The van der Waals surface area contributed by atoms with Gasteiger partial charge in [-0.1, -0.05) is 13.3 Å². The van der Waals surface area contributed by atoms with Crippen molar-refractivity contribution in [1.29, 1.82) is 0 Å². The van der Waals surface area contributed by atoms with Crippen LogP contribution in [0.5, 0.6) is 0 Å². The fourth-order valence-corrected chi connectivity index (χ4v) is 0.780. The van der Waals surface area contributed by atoms with Crippen LogP contribution < -0.4 is 10.6 Å². The van der Waals surface area contributed by atoms with Crippen LogP contribution in [0.1, 0.15) is 26.7 Å². The predicted molar refractivity (Wildman–Crippen MR) is 52.6 cm³/mol. The van der Waals surface area contributed by atoms with Gasteiger partial charge in [-0.3, -0.25) is 9.59 Å². The maximum atomic E-state index is 11.0. The summed E-state index contributed by atoms with van der Waals surface area (Å²) in [6.07, 6.45) is 1.19. The molecule has 0 heterocycles. The summed E-state index contributed by atoms with van der Waals surface area (Å²) in [5.41, 5.74) is 0. The van der Waals surface area contributed by atoms with Gasteiger partial charge in [0.25, 0.3) is 0 Å². The number of carbonyl (C=O) groups is 2. The number of hydrogen-bond donors (Lipinski definition) is 3. The Morgan fingerprint density at radius 3 is 2.36 bits per heavy atom. The molecule has 0 fully saturated rings. The van der Waals surface area contributed by atoms with Gasteiger partial charge in [0.2, 0.25) is 0 Å². The SMILES string of the molecule is CCCCNC(=O)C(=O)NC[C@H](C)O. The van der Waals surface area contributed by atoms with E-state index in [0.717, 1.165) is 12.8 Å². The van der Waals surface area contributed by atoms with E-state index in [0.29, 0.717) is 6.54 Å². The lowest BCUT2D eigenvalue weighted by molar-refractivity contribution is -0.139. The molecule has 0 spiro atoms. The normalized spacial score (nSPS) is 11.9. The minimum absolute atomic E-state index is 0.0973. The van der Waals surface area contributed by atoms with E-state index in [1.165, 1.54) is 6.92 Å². The summed E-state index contributed by atoms with van der Waals surface area (Å²) in [6, 6.07) is 0. The van der Waals surface area contributed by atoms with Gasteiger partial charge in [0.05, 0.1) is 6.10 Å². The summed E-state index contributed by atoms with van der Waals surface area (Å²) in [5.74, 6) is -1.33. The Balaban J connectivity index is 3.60. The van der Waals surface area contributed by atoms with Crippen LogP contribution in [0.2, 0.25) is 0 Å². The van der Waals surface area contributed by atoms with Crippen molar-refractivity contribution in [1.82, 2.24) is 10.6 Å². The first-order valence-electron chi connectivity index (χ1n) is 4.82. The molecule has 0 aliphatic carbocycles. The third-order valence-electron chi connectivity index (χ3n) is 1.58. The van der Waals surface area contributed by atoms with E-state index in [2.05, 4.69) is 10.6 Å². The van der Waals surface area contributed by atoms with Crippen molar-refractivity contribution in [2.24, 2.45) is 0 Å². The quantitative estimate of drug-likeness (QED) is 0.411. The summed E-state index contributed by atoms with van der Waals surface area (Å²) in [6.45, 7) is 4.15. The Kier molecular flexibility index (Phi) is 6.74. The fourth-order valence-electron chi connectivity index (χ4n) is 0.780. The number of aliphatic hydroxyl groups is 1. The predicted octanol–water partition coefficient (Wildman–Crippen LogP) is -0.600. The third kappa shape index (κ3) is 6.42. The standard InChI is InChI=1S/C9H18N2O3/c1-3-4-5-10-8(13)9(14)11-6-7(2)12/h7,12H,3-6H2,1-2H3,(H,10,13)(H,11,14)/t7-/m0/s1. The average molecular weight is 202 g/mol. The molecule has 14 heavy (non-hydrogen) atoms. The van der Waals surface area contributed by atoms with E-state index in [1.807, 2.05) is 6.92 Å². The summed E-state index contributed by atoms with van der Waals surface area (Å²) < 4.78 is 0. The Morgan fingerprint density at radius 1 is 1.29 bits per heavy atom. The fraction of sp³-hybridized carbons (Fsp3) is 0.778. The Morgan fingerprint density at radius 2 is 1.86 bits per heavy atom. The van der Waals surface area contributed by atoms with E-state index >= 15 is 0 Å². The summed E-state index contributed by atoms with van der Waals surface area (Å²) in [7, 11) is 0. The Labute approximate surface area is 83.9 Å². The highest BCUT2D eigenvalue weighted by molar-refractivity contribution is 6.35. The molecular weight excluding hydrogens is 184 g/mol. The number of hydrogen-bond acceptors (Lipinski definition) is 3. The van der Waals surface area contributed by atoms with Crippen molar-refractivity contribution in [3.05, 3.63) is 0 Å². The van der Waals surface area contributed by atoms with Crippen molar-refractivity contribution < 1.29 is 14.7 Å². The van der Waals surface area contributed by atoms with Crippen LogP contribution in [-0.2, 0) is 9.59 Å². The van der Waals surface area contributed by atoms with Crippen LogP contribution in [0.15, 0.2) is 0 Å². The average Bonchev–Trinajstić information content (AvgIpc) is 2.14. The van der Waals surface area contributed by atoms with Gasteiger partial charge < -0.3 is 15.7 Å². The number of nitrogens with one attached hydrogen (secondary N) is 2. The number of unbranched alkanes of at least 4 members (excludes halogenated alkanes) is 1. The molecule has 0 saturated carbocycles. The molecule has 0 unspecified atom stereocenters. The van der Waals surface area contributed by atoms with E-state index in [9.17, 15) is 9.59 Å². The van der Waals surface area contributed by atoms with Crippen LogP contribution in [0.25, 0.3) is 0 Å². The molecule has 5 heteroatoms. The van der Waals surface area contributed by atoms with Crippen molar-refractivity contribution in [2.45, 2.75) is 32.8 Å². The first kappa shape index (κ1) is 12.9. The maximum Gasteiger partial charge on any atom is 0.309 e. The molecule has 0 aliphatic rings. The molecule has 2 amide bonds.